The average Bonchev–Trinajstić information content (AvgIpc) is 3.37. The van der Waals surface area contributed by atoms with E-state index < -0.39 is 24.2 Å². The third-order valence-corrected chi connectivity index (χ3v) is 6.41. The molecule has 1 unspecified atom stereocenters. The minimum atomic E-state index is -0.775. The number of esters is 1. The number of carbonyl (C=O) groups excluding carboxylic acids is 4. The van der Waals surface area contributed by atoms with E-state index in [1.165, 1.54) is 0 Å². The van der Waals surface area contributed by atoms with E-state index in [0.717, 1.165) is 5.56 Å². The van der Waals surface area contributed by atoms with Crippen LogP contribution in [0.15, 0.2) is 18.2 Å². The molecule has 2 saturated heterocycles. The number of hydrogen-bond acceptors (Lipinski definition) is 6. The third-order valence-electron chi connectivity index (χ3n) is 6.41. The van der Waals surface area contributed by atoms with Crippen LogP contribution in [0.4, 0.5) is 5.69 Å². The predicted molar refractivity (Wildman–Crippen MR) is 123 cm³/mol. The van der Waals surface area contributed by atoms with Gasteiger partial charge in [-0.2, -0.15) is 0 Å². The van der Waals surface area contributed by atoms with Crippen LogP contribution in [0.3, 0.4) is 0 Å². The van der Waals surface area contributed by atoms with Crippen molar-refractivity contribution in [1.82, 2.24) is 15.5 Å². The minimum absolute atomic E-state index is 0.125. The molecule has 2 aliphatic heterocycles. The molecule has 3 rings (SSSR count). The molecule has 0 aliphatic carbocycles. The highest BCUT2D eigenvalue weighted by Gasteiger charge is 2.41. The normalized spacial score (nSPS) is 23.4. The summed E-state index contributed by atoms with van der Waals surface area (Å²) < 4.78 is 5.10. The number of ether oxygens (including phenoxy) is 1. The number of benzene rings is 1. The Hall–Kier alpha value is -3.10. The Kier molecular flexibility index (Phi) is 7.61. The summed E-state index contributed by atoms with van der Waals surface area (Å²) in [5, 5.41) is 5.74. The first-order valence-corrected chi connectivity index (χ1v) is 11.6. The van der Waals surface area contributed by atoms with Gasteiger partial charge >= 0.3 is 5.97 Å². The van der Waals surface area contributed by atoms with E-state index in [9.17, 15) is 19.2 Å². The molecule has 3 amide bonds. The molecule has 2 heterocycles. The zero-order chi connectivity index (χ0) is 24.3. The molecule has 1 aromatic rings. The number of nitrogens with zero attached hydrogens (tertiary/aromatic N) is 1. The molecule has 0 aromatic heterocycles. The van der Waals surface area contributed by atoms with Crippen LogP contribution in [-0.4, -0.2) is 59.4 Å². The molecule has 0 bridgehead atoms. The largest absolute Gasteiger partial charge is 0.460 e. The van der Waals surface area contributed by atoms with Crippen molar-refractivity contribution in [1.29, 1.82) is 0 Å². The van der Waals surface area contributed by atoms with Gasteiger partial charge in [0.05, 0.1) is 12.5 Å². The molecular weight excluding hydrogens is 424 g/mol. The van der Waals surface area contributed by atoms with Gasteiger partial charge in [-0.25, -0.2) is 0 Å². The fraction of sp³-hybridized carbons (Fsp3) is 0.583. The summed E-state index contributed by atoms with van der Waals surface area (Å²) in [7, 11) is 0. The molecule has 0 radical (unpaired) electrons. The molecule has 2 fully saturated rings. The van der Waals surface area contributed by atoms with E-state index in [0.29, 0.717) is 37.1 Å². The molecule has 2 aliphatic rings. The summed E-state index contributed by atoms with van der Waals surface area (Å²) in [5.74, 6) is -1.43. The Morgan fingerprint density at radius 2 is 2.00 bits per heavy atom. The molecule has 180 valence electrons. The van der Waals surface area contributed by atoms with E-state index in [1.54, 1.807) is 30.0 Å². The second-order valence-electron chi connectivity index (χ2n) is 9.17. The highest BCUT2D eigenvalue weighted by Crippen LogP contribution is 2.23. The van der Waals surface area contributed by atoms with Gasteiger partial charge in [0.25, 0.3) is 5.91 Å². The Morgan fingerprint density at radius 3 is 2.61 bits per heavy atom. The van der Waals surface area contributed by atoms with Crippen LogP contribution in [0, 0.1) is 5.92 Å². The highest BCUT2D eigenvalue weighted by molar-refractivity contribution is 6.00. The van der Waals surface area contributed by atoms with Crippen LogP contribution in [0.5, 0.6) is 0 Å². The van der Waals surface area contributed by atoms with Crippen LogP contribution in [0.25, 0.3) is 0 Å². The second kappa shape index (κ2) is 10.2. The second-order valence-corrected chi connectivity index (χ2v) is 9.17. The van der Waals surface area contributed by atoms with Crippen LogP contribution in [0.1, 0.15) is 62.9 Å². The van der Waals surface area contributed by atoms with Gasteiger partial charge in [0.1, 0.15) is 18.2 Å². The van der Waals surface area contributed by atoms with Gasteiger partial charge in [-0.3, -0.25) is 19.2 Å². The van der Waals surface area contributed by atoms with Gasteiger partial charge in [-0.1, -0.05) is 20.8 Å². The van der Waals surface area contributed by atoms with Crippen LogP contribution >= 0.6 is 0 Å². The standard InChI is InChI=1S/C24H34N4O5/c1-5-15-11-16(25)8-9-17(15)22(30)27-21(13(2)3)24(32)28-10-6-7-19(28)23(31)26-18-12-20(29)33-14(18)4/h8-9,11,13-14,18-19,21H,5-7,10,12,25H2,1-4H3,(H,26,31)(H,27,30)/t14-,18-,19-,21?/m0/s1. The van der Waals surface area contributed by atoms with Crippen molar-refractivity contribution in [2.24, 2.45) is 5.92 Å². The van der Waals surface area contributed by atoms with Crippen molar-refractivity contribution in [3.8, 4) is 0 Å². The Morgan fingerprint density at radius 1 is 1.27 bits per heavy atom. The molecule has 4 N–H and O–H groups in total. The van der Waals surface area contributed by atoms with Crippen LogP contribution in [0.2, 0.25) is 0 Å². The lowest BCUT2D eigenvalue weighted by Crippen LogP contribution is -2.56. The molecule has 9 heteroatoms. The van der Waals surface area contributed by atoms with Crippen molar-refractivity contribution >= 4 is 29.4 Å². The fourth-order valence-corrected chi connectivity index (χ4v) is 4.47. The maximum atomic E-state index is 13.5. The Bertz CT molecular complexity index is 931. The van der Waals surface area contributed by atoms with Gasteiger partial charge in [-0.15, -0.1) is 0 Å². The van der Waals surface area contributed by atoms with E-state index in [1.807, 2.05) is 20.8 Å². The van der Waals surface area contributed by atoms with Crippen molar-refractivity contribution in [2.75, 3.05) is 12.3 Å². The molecule has 1 aromatic carbocycles. The number of cyclic esters (lactones) is 1. The average molecular weight is 459 g/mol. The molecule has 0 saturated carbocycles. The van der Waals surface area contributed by atoms with E-state index in [4.69, 9.17) is 10.5 Å². The third kappa shape index (κ3) is 5.46. The lowest BCUT2D eigenvalue weighted by Gasteiger charge is -2.31. The zero-order valence-electron chi connectivity index (χ0n) is 19.7. The summed E-state index contributed by atoms with van der Waals surface area (Å²) in [6, 6.07) is 3.29. The van der Waals surface area contributed by atoms with E-state index >= 15 is 0 Å². The lowest BCUT2D eigenvalue weighted by molar-refractivity contribution is -0.141. The van der Waals surface area contributed by atoms with Gasteiger partial charge < -0.3 is 26.0 Å². The van der Waals surface area contributed by atoms with Gasteiger partial charge in [0.15, 0.2) is 0 Å². The number of rotatable bonds is 7. The monoisotopic (exact) mass is 458 g/mol. The fourth-order valence-electron chi connectivity index (χ4n) is 4.47. The maximum absolute atomic E-state index is 13.5. The number of hydrogen-bond donors (Lipinski definition) is 3. The van der Waals surface area contributed by atoms with Crippen molar-refractivity contribution in [3.63, 3.8) is 0 Å². The number of nitrogen functional groups attached to an aromatic ring is 1. The van der Waals surface area contributed by atoms with Crippen molar-refractivity contribution in [3.05, 3.63) is 29.3 Å². The molecule has 4 atom stereocenters. The highest BCUT2D eigenvalue weighted by atomic mass is 16.6. The predicted octanol–water partition coefficient (Wildman–Crippen LogP) is 1.40. The Balaban J connectivity index is 1.72. The number of anilines is 1. The number of nitrogens with one attached hydrogen (secondary N) is 2. The lowest BCUT2D eigenvalue weighted by atomic mass is 9.99. The number of amides is 3. The number of likely N-dealkylation sites (tertiary alicyclic amines) is 1. The van der Waals surface area contributed by atoms with Crippen LogP contribution < -0.4 is 16.4 Å². The summed E-state index contributed by atoms with van der Waals surface area (Å²) in [6.45, 7) is 7.84. The summed E-state index contributed by atoms with van der Waals surface area (Å²) >= 11 is 0. The molecule has 33 heavy (non-hydrogen) atoms. The van der Waals surface area contributed by atoms with Gasteiger partial charge in [0, 0.05) is 17.8 Å². The smallest absolute Gasteiger partial charge is 0.308 e. The molecule has 0 spiro atoms. The first kappa shape index (κ1) is 24.5. The molecular formula is C24H34N4O5. The summed E-state index contributed by atoms with van der Waals surface area (Å²) in [5.41, 5.74) is 7.72. The Labute approximate surface area is 194 Å². The van der Waals surface area contributed by atoms with Crippen molar-refractivity contribution in [2.45, 2.75) is 77.6 Å². The number of nitrogens with two attached hydrogens (primary N) is 1. The molecule has 9 nitrogen and oxygen atoms in total. The van der Waals surface area contributed by atoms with Crippen LogP contribution in [-0.2, 0) is 25.5 Å². The van der Waals surface area contributed by atoms with Gasteiger partial charge in [-0.05, 0) is 55.9 Å². The number of carbonyl (C=O) groups is 4. The maximum Gasteiger partial charge on any atom is 0.308 e. The zero-order valence-corrected chi connectivity index (χ0v) is 19.7. The van der Waals surface area contributed by atoms with Crippen molar-refractivity contribution < 1.29 is 23.9 Å². The van der Waals surface area contributed by atoms with Gasteiger partial charge in [0.2, 0.25) is 11.8 Å². The topological polar surface area (TPSA) is 131 Å². The quantitative estimate of drug-likeness (QED) is 0.418. The SMILES string of the molecule is CCc1cc(N)ccc1C(=O)NC(C(=O)N1CCC[C@H]1C(=O)N[C@H]1CC(=O)O[C@H]1C)C(C)C. The minimum Gasteiger partial charge on any atom is -0.460 e. The van der Waals surface area contributed by atoms with E-state index in [-0.39, 0.29) is 36.0 Å². The summed E-state index contributed by atoms with van der Waals surface area (Å²) in [4.78, 5) is 52.5. The summed E-state index contributed by atoms with van der Waals surface area (Å²) in [6.07, 6.45) is 1.58. The first-order valence-electron chi connectivity index (χ1n) is 11.6. The number of aryl methyl sites for hydroxylation is 1. The first-order chi connectivity index (χ1) is 15.6. The van der Waals surface area contributed by atoms with E-state index in [2.05, 4.69) is 10.6 Å².